The van der Waals surface area contributed by atoms with Crippen molar-refractivity contribution in [2.75, 3.05) is 6.54 Å². The molecule has 7 rings (SSSR count). The minimum Gasteiger partial charge on any atom is -0.465 e. The van der Waals surface area contributed by atoms with E-state index in [-0.39, 0.29) is 37.7 Å². The number of para-hydroxylation sites is 1. The summed E-state index contributed by atoms with van der Waals surface area (Å²) >= 11 is 1.37. The largest absolute Gasteiger partial charge is 0.465 e. The summed E-state index contributed by atoms with van der Waals surface area (Å²) in [5.41, 5.74) is 0.191. The zero-order chi connectivity index (χ0) is 35.8. The fraction of sp³-hybridized carbons (Fsp3) is 0.486. The van der Waals surface area contributed by atoms with Gasteiger partial charge in [0.25, 0.3) is 11.1 Å². The number of nitrogens with one attached hydrogen (secondary N) is 2. The van der Waals surface area contributed by atoms with Crippen molar-refractivity contribution in [2.24, 2.45) is 5.92 Å². The summed E-state index contributed by atoms with van der Waals surface area (Å²) in [6.45, 7) is 1.75. The number of sulfonamides is 1. The quantitative estimate of drug-likeness (QED) is 0.329. The van der Waals surface area contributed by atoms with E-state index in [1.165, 1.54) is 23.2 Å². The number of thiazole rings is 1. The van der Waals surface area contributed by atoms with Crippen LogP contribution in [0.5, 0.6) is 5.19 Å². The predicted octanol–water partition coefficient (Wildman–Crippen LogP) is 4.07. The number of rotatable bonds is 8. The molecule has 0 unspecified atom stereocenters. The summed E-state index contributed by atoms with van der Waals surface area (Å²) in [7, 11) is -3.86. The summed E-state index contributed by atoms with van der Waals surface area (Å²) in [6.07, 6.45) is 8.08. The SMILES string of the molecule is CC(=O)N(Cc1ccccc1)[C@H]1CCCCC/C=C\[C@H]2C[C@@]2(C(=O)NS(=O)(=O)C2CC2)NC(=O)[C@@H]2C[C@@H](Oc3nc4ccccc4s3)CN2C1=O. The van der Waals surface area contributed by atoms with Gasteiger partial charge in [0, 0.05) is 25.8 Å². The maximum Gasteiger partial charge on any atom is 0.274 e. The number of carbonyl (C=O) groups excluding carboxylic acids is 4. The third-order valence-corrected chi connectivity index (χ3v) is 13.1. The summed E-state index contributed by atoms with van der Waals surface area (Å²) < 4.78 is 35.1. The second kappa shape index (κ2) is 14.4. The molecule has 5 atom stereocenters. The summed E-state index contributed by atoms with van der Waals surface area (Å²) in [5, 5.41) is 2.72. The number of hydrogen-bond donors (Lipinski definition) is 2. The van der Waals surface area contributed by atoms with Gasteiger partial charge in [-0.1, -0.05) is 78.8 Å². The number of benzene rings is 2. The zero-order valence-corrected chi connectivity index (χ0v) is 30.2. The molecule has 4 aliphatic rings. The standard InChI is InChI=1S/C37H43N5O7S2/c1-24(43)41(22-25-12-6-5-7-13-25)30-16-9-4-2-3-8-14-26-21-37(26,35(46)40-51(47,48)28-18-19-28)39-33(44)31-20-27(23-42(31)34(30)45)49-36-38-29-15-10-11-17-32(29)50-36/h5-8,10-15,17,26-28,30-31H,2-4,9,16,18-23H2,1H3,(H,39,44)(H,40,46)/b14-8-/t26-,27+,30-,31-,37+/m0/s1. The van der Waals surface area contributed by atoms with Gasteiger partial charge in [-0.2, -0.15) is 0 Å². The third kappa shape index (κ3) is 7.67. The fourth-order valence-corrected chi connectivity index (χ4v) is 9.49. The van der Waals surface area contributed by atoms with Crippen LogP contribution in [0.3, 0.4) is 0 Å². The van der Waals surface area contributed by atoms with Crippen LogP contribution in [0.1, 0.15) is 70.3 Å². The number of allylic oxidation sites excluding steroid dienone is 1. The van der Waals surface area contributed by atoms with Crippen LogP contribution < -0.4 is 14.8 Å². The van der Waals surface area contributed by atoms with E-state index in [1.807, 2.05) is 66.7 Å². The minimum atomic E-state index is -3.86. The molecule has 2 saturated carbocycles. The predicted molar refractivity (Wildman–Crippen MR) is 192 cm³/mol. The van der Waals surface area contributed by atoms with Crippen LogP contribution >= 0.6 is 11.3 Å². The van der Waals surface area contributed by atoms with Gasteiger partial charge in [-0.15, -0.1) is 0 Å². The normalized spacial score (nSPS) is 27.7. The lowest BCUT2D eigenvalue weighted by Crippen LogP contribution is -2.58. The Bertz CT molecular complexity index is 1910. The average molecular weight is 734 g/mol. The van der Waals surface area contributed by atoms with Crippen LogP contribution in [0.2, 0.25) is 0 Å². The van der Waals surface area contributed by atoms with Crippen molar-refractivity contribution in [1.82, 2.24) is 24.8 Å². The van der Waals surface area contributed by atoms with E-state index < -0.39 is 56.7 Å². The van der Waals surface area contributed by atoms with Crippen LogP contribution in [0, 0.1) is 5.92 Å². The van der Waals surface area contributed by atoms with Crippen LogP contribution in [-0.2, 0) is 35.7 Å². The molecule has 0 radical (unpaired) electrons. The van der Waals surface area contributed by atoms with Gasteiger partial charge in [-0.3, -0.25) is 23.9 Å². The lowest BCUT2D eigenvalue weighted by atomic mass is 10.0. The molecule has 3 fully saturated rings. The number of hydrogen-bond acceptors (Lipinski definition) is 9. The van der Waals surface area contributed by atoms with Crippen molar-refractivity contribution < 1.29 is 32.3 Å². The van der Waals surface area contributed by atoms with Gasteiger partial charge in [0.15, 0.2) is 0 Å². The molecule has 3 aromatic rings. The molecular weight excluding hydrogens is 691 g/mol. The van der Waals surface area contributed by atoms with E-state index in [0.717, 1.165) is 35.0 Å². The van der Waals surface area contributed by atoms with Crippen molar-refractivity contribution in [2.45, 2.75) is 100 Å². The molecule has 2 N–H and O–H groups in total. The van der Waals surface area contributed by atoms with E-state index in [0.29, 0.717) is 30.9 Å². The summed E-state index contributed by atoms with van der Waals surface area (Å²) in [6, 6.07) is 15.2. The van der Waals surface area contributed by atoms with Crippen molar-refractivity contribution in [3.8, 4) is 5.19 Å². The zero-order valence-electron chi connectivity index (χ0n) is 28.5. The summed E-state index contributed by atoms with van der Waals surface area (Å²) in [5.74, 6) is -2.35. The number of nitrogens with zero attached hydrogens (tertiary/aromatic N) is 3. The molecule has 12 nitrogen and oxygen atoms in total. The highest BCUT2D eigenvalue weighted by Crippen LogP contribution is 2.46. The maximum atomic E-state index is 14.8. The summed E-state index contributed by atoms with van der Waals surface area (Å²) in [4.78, 5) is 63.7. The Labute approximate surface area is 301 Å². The van der Waals surface area contributed by atoms with Gasteiger partial charge in [-0.25, -0.2) is 13.4 Å². The second-order valence-electron chi connectivity index (χ2n) is 14.1. The van der Waals surface area contributed by atoms with E-state index in [9.17, 15) is 27.6 Å². The number of carbonyl (C=O) groups is 4. The Morgan fingerprint density at radius 3 is 2.57 bits per heavy atom. The first-order valence-corrected chi connectivity index (χ1v) is 20.1. The molecule has 2 aliphatic heterocycles. The highest BCUT2D eigenvalue weighted by Gasteiger charge is 2.62. The van der Waals surface area contributed by atoms with Crippen molar-refractivity contribution in [3.63, 3.8) is 0 Å². The molecule has 3 heterocycles. The van der Waals surface area contributed by atoms with E-state index in [4.69, 9.17) is 4.74 Å². The van der Waals surface area contributed by atoms with Crippen LogP contribution in [0.15, 0.2) is 66.7 Å². The molecule has 1 saturated heterocycles. The first-order valence-electron chi connectivity index (χ1n) is 17.7. The number of aromatic nitrogens is 1. The lowest BCUT2D eigenvalue weighted by Gasteiger charge is -2.35. The molecular formula is C37H43N5O7S2. The molecule has 0 spiro atoms. The Hall–Kier alpha value is -4.30. The lowest BCUT2D eigenvalue weighted by molar-refractivity contribution is -0.149. The van der Waals surface area contributed by atoms with Gasteiger partial charge in [0.2, 0.25) is 27.7 Å². The van der Waals surface area contributed by atoms with E-state index >= 15 is 0 Å². The van der Waals surface area contributed by atoms with Gasteiger partial charge in [0.05, 0.1) is 22.0 Å². The third-order valence-electron chi connectivity index (χ3n) is 10.3. The number of fused-ring (bicyclic) bond motifs is 3. The average Bonchev–Trinajstić information content (AvgIpc) is 4.00. The molecule has 2 aliphatic carbocycles. The minimum absolute atomic E-state index is 0.0685. The van der Waals surface area contributed by atoms with Crippen LogP contribution in [0.4, 0.5) is 0 Å². The molecule has 270 valence electrons. The molecule has 14 heteroatoms. The van der Waals surface area contributed by atoms with Gasteiger partial charge >= 0.3 is 0 Å². The van der Waals surface area contributed by atoms with Crippen LogP contribution in [0.25, 0.3) is 10.2 Å². The van der Waals surface area contributed by atoms with Crippen LogP contribution in [-0.4, -0.2) is 82.4 Å². The van der Waals surface area contributed by atoms with E-state index in [2.05, 4.69) is 15.0 Å². The van der Waals surface area contributed by atoms with Crippen molar-refractivity contribution in [3.05, 3.63) is 72.3 Å². The monoisotopic (exact) mass is 733 g/mol. The molecule has 4 amide bonds. The Morgan fingerprint density at radius 2 is 1.82 bits per heavy atom. The topological polar surface area (TPSA) is 155 Å². The fourth-order valence-electron chi connectivity index (χ4n) is 7.25. The van der Waals surface area contributed by atoms with Crippen molar-refractivity contribution in [1.29, 1.82) is 0 Å². The molecule has 51 heavy (non-hydrogen) atoms. The number of amides is 4. The first kappa shape index (κ1) is 35.1. The van der Waals surface area contributed by atoms with Crippen molar-refractivity contribution >= 4 is 55.2 Å². The smallest absolute Gasteiger partial charge is 0.274 e. The van der Waals surface area contributed by atoms with Gasteiger partial charge in [-0.05, 0) is 56.2 Å². The molecule has 1 aromatic heterocycles. The highest BCUT2D eigenvalue weighted by molar-refractivity contribution is 7.91. The maximum absolute atomic E-state index is 14.8. The van der Waals surface area contributed by atoms with Gasteiger partial charge < -0.3 is 19.9 Å². The number of ether oxygens (including phenoxy) is 1. The highest BCUT2D eigenvalue weighted by atomic mass is 32.2. The van der Waals surface area contributed by atoms with Gasteiger partial charge in [0.1, 0.15) is 23.7 Å². The van der Waals surface area contributed by atoms with E-state index in [1.54, 1.807) is 4.90 Å². The second-order valence-corrected chi connectivity index (χ2v) is 17.0. The Balaban J connectivity index is 1.21. The Kier molecular flexibility index (Phi) is 9.90. The Morgan fingerprint density at radius 1 is 1.06 bits per heavy atom. The molecule has 0 bridgehead atoms. The first-order chi connectivity index (χ1) is 24.5. The molecule has 2 aromatic carbocycles.